The van der Waals surface area contributed by atoms with Gasteiger partial charge in [-0.25, -0.2) is 4.79 Å². The van der Waals surface area contributed by atoms with Gasteiger partial charge < -0.3 is 10.1 Å². The van der Waals surface area contributed by atoms with Crippen LogP contribution in [0.3, 0.4) is 0 Å². The summed E-state index contributed by atoms with van der Waals surface area (Å²) in [6.07, 6.45) is -0.413. The van der Waals surface area contributed by atoms with Gasteiger partial charge in [0.2, 0.25) is 6.23 Å². The molecule has 0 amide bonds. The summed E-state index contributed by atoms with van der Waals surface area (Å²) in [5, 5.41) is 3.26. The molecule has 2 aromatic rings. The molecule has 96 valence electrons. The highest BCUT2D eigenvalue weighted by molar-refractivity contribution is 9.10. The van der Waals surface area contributed by atoms with Crippen LogP contribution in [0.2, 0.25) is 0 Å². The highest BCUT2D eigenvalue weighted by atomic mass is 79.9. The average Bonchev–Trinajstić information content (AvgIpc) is 2.71. The van der Waals surface area contributed by atoms with Crippen molar-refractivity contribution in [1.82, 2.24) is 0 Å². The monoisotopic (exact) mass is 317 g/mol. The van der Waals surface area contributed by atoms with Gasteiger partial charge in [0.15, 0.2) is 0 Å². The Morgan fingerprint density at radius 1 is 1.21 bits per heavy atom. The molecule has 1 heterocycles. The van der Waals surface area contributed by atoms with Gasteiger partial charge in [-0.2, -0.15) is 0 Å². The molecule has 1 atom stereocenters. The fourth-order valence-corrected chi connectivity index (χ4v) is 2.66. The Morgan fingerprint density at radius 2 is 2.00 bits per heavy atom. The molecule has 1 N–H and O–H groups in total. The first kappa shape index (κ1) is 12.2. The van der Waals surface area contributed by atoms with Crippen molar-refractivity contribution in [2.75, 3.05) is 5.32 Å². The van der Waals surface area contributed by atoms with Crippen molar-refractivity contribution in [2.45, 2.75) is 13.2 Å². The van der Waals surface area contributed by atoms with E-state index in [0.29, 0.717) is 5.56 Å². The molecule has 0 saturated carbocycles. The predicted octanol–water partition coefficient (Wildman–Crippen LogP) is 4.04. The number of carbonyl (C=O) groups excluding carboxylic acids is 1. The molecule has 1 aliphatic heterocycles. The summed E-state index contributed by atoms with van der Waals surface area (Å²) in [6.45, 7) is 2.01. The van der Waals surface area contributed by atoms with Crippen molar-refractivity contribution >= 4 is 27.6 Å². The van der Waals surface area contributed by atoms with E-state index >= 15 is 0 Å². The fourth-order valence-electron chi connectivity index (χ4n) is 2.18. The molecule has 4 heteroatoms. The summed E-state index contributed by atoms with van der Waals surface area (Å²) in [6, 6.07) is 13.4. The Kier molecular flexibility index (Phi) is 3.03. The maximum absolute atomic E-state index is 11.7. The topological polar surface area (TPSA) is 38.3 Å². The van der Waals surface area contributed by atoms with E-state index < -0.39 is 6.23 Å². The maximum Gasteiger partial charge on any atom is 0.340 e. The first-order chi connectivity index (χ1) is 9.15. The molecule has 0 aliphatic carbocycles. The van der Waals surface area contributed by atoms with E-state index in [0.717, 1.165) is 21.3 Å². The van der Waals surface area contributed by atoms with Crippen molar-refractivity contribution in [3.63, 3.8) is 0 Å². The van der Waals surface area contributed by atoms with E-state index in [1.54, 1.807) is 6.07 Å². The van der Waals surface area contributed by atoms with Crippen LogP contribution >= 0.6 is 15.9 Å². The molecule has 0 spiro atoms. The molecule has 1 aliphatic rings. The standard InChI is InChI=1S/C15H12BrNO2/c1-9-8-10(16)6-7-13(9)17-14-11-4-2-3-5-12(11)15(18)19-14/h2-8,14,17H,1H3. The van der Waals surface area contributed by atoms with Gasteiger partial charge in [0, 0.05) is 15.7 Å². The first-order valence-electron chi connectivity index (χ1n) is 5.98. The normalized spacial score (nSPS) is 16.9. The van der Waals surface area contributed by atoms with Crippen LogP contribution in [0.25, 0.3) is 0 Å². The third-order valence-electron chi connectivity index (χ3n) is 3.16. The van der Waals surface area contributed by atoms with Gasteiger partial charge in [0.05, 0.1) is 5.56 Å². The molecule has 3 rings (SSSR count). The zero-order valence-electron chi connectivity index (χ0n) is 10.3. The van der Waals surface area contributed by atoms with Crippen LogP contribution in [0, 0.1) is 6.92 Å². The van der Waals surface area contributed by atoms with Crippen molar-refractivity contribution in [2.24, 2.45) is 0 Å². The van der Waals surface area contributed by atoms with Crippen LogP contribution in [-0.4, -0.2) is 5.97 Å². The number of carbonyl (C=O) groups is 1. The minimum atomic E-state index is -0.413. The third kappa shape index (κ3) is 2.24. The zero-order valence-corrected chi connectivity index (χ0v) is 11.9. The van der Waals surface area contributed by atoms with Crippen LogP contribution < -0.4 is 5.32 Å². The van der Waals surface area contributed by atoms with E-state index in [1.807, 2.05) is 43.3 Å². The quantitative estimate of drug-likeness (QED) is 0.849. The number of fused-ring (bicyclic) bond motifs is 1. The predicted molar refractivity (Wildman–Crippen MR) is 77.1 cm³/mol. The smallest absolute Gasteiger partial charge is 0.340 e. The number of ether oxygens (including phenoxy) is 1. The summed E-state index contributed by atoms with van der Waals surface area (Å²) in [5.74, 6) is -0.275. The highest BCUT2D eigenvalue weighted by Crippen LogP contribution is 2.32. The van der Waals surface area contributed by atoms with Crippen molar-refractivity contribution in [3.05, 3.63) is 63.6 Å². The number of aryl methyl sites for hydroxylation is 1. The largest absolute Gasteiger partial charge is 0.434 e. The molecule has 0 saturated heterocycles. The number of anilines is 1. The Morgan fingerprint density at radius 3 is 2.79 bits per heavy atom. The molecule has 0 fully saturated rings. The zero-order chi connectivity index (χ0) is 13.4. The molecule has 2 aromatic carbocycles. The number of cyclic esters (lactones) is 1. The van der Waals surface area contributed by atoms with Gasteiger partial charge in [-0.1, -0.05) is 34.1 Å². The minimum absolute atomic E-state index is 0.275. The summed E-state index contributed by atoms with van der Waals surface area (Å²) in [7, 11) is 0. The highest BCUT2D eigenvalue weighted by Gasteiger charge is 2.30. The third-order valence-corrected chi connectivity index (χ3v) is 3.66. The van der Waals surface area contributed by atoms with Crippen LogP contribution in [0.4, 0.5) is 5.69 Å². The summed E-state index contributed by atoms with van der Waals surface area (Å²) < 4.78 is 6.39. The lowest BCUT2D eigenvalue weighted by Crippen LogP contribution is -2.11. The summed E-state index contributed by atoms with van der Waals surface area (Å²) in [5.41, 5.74) is 3.57. The molecule has 0 bridgehead atoms. The van der Waals surface area contributed by atoms with Gasteiger partial charge in [0.25, 0.3) is 0 Å². The van der Waals surface area contributed by atoms with Gasteiger partial charge in [-0.3, -0.25) is 0 Å². The van der Waals surface area contributed by atoms with Crippen LogP contribution in [0.1, 0.15) is 27.7 Å². The second-order valence-electron chi connectivity index (χ2n) is 4.48. The Labute approximate surface area is 119 Å². The lowest BCUT2D eigenvalue weighted by Gasteiger charge is -2.16. The molecule has 19 heavy (non-hydrogen) atoms. The van der Waals surface area contributed by atoms with E-state index in [-0.39, 0.29) is 5.97 Å². The SMILES string of the molecule is Cc1cc(Br)ccc1NC1OC(=O)c2ccccc21. The van der Waals surface area contributed by atoms with E-state index in [9.17, 15) is 4.79 Å². The van der Waals surface area contributed by atoms with Gasteiger partial charge >= 0.3 is 5.97 Å². The fraction of sp³-hybridized carbons (Fsp3) is 0.133. The number of hydrogen-bond donors (Lipinski definition) is 1. The van der Waals surface area contributed by atoms with Gasteiger partial charge in [-0.05, 0) is 36.8 Å². The molecule has 0 radical (unpaired) electrons. The van der Waals surface area contributed by atoms with Crippen molar-refractivity contribution in [3.8, 4) is 0 Å². The Balaban J connectivity index is 1.91. The van der Waals surface area contributed by atoms with E-state index in [1.165, 1.54) is 0 Å². The minimum Gasteiger partial charge on any atom is -0.434 e. The number of nitrogens with one attached hydrogen (secondary N) is 1. The lowest BCUT2D eigenvalue weighted by molar-refractivity contribution is 0.0437. The summed E-state index contributed by atoms with van der Waals surface area (Å²) in [4.78, 5) is 11.7. The summed E-state index contributed by atoms with van der Waals surface area (Å²) >= 11 is 3.43. The number of halogens is 1. The van der Waals surface area contributed by atoms with Crippen LogP contribution in [0.15, 0.2) is 46.9 Å². The van der Waals surface area contributed by atoms with Crippen LogP contribution in [0.5, 0.6) is 0 Å². The second kappa shape index (κ2) is 4.70. The van der Waals surface area contributed by atoms with Gasteiger partial charge in [0.1, 0.15) is 0 Å². The molecule has 3 nitrogen and oxygen atoms in total. The molecule has 0 aromatic heterocycles. The molecule has 1 unspecified atom stereocenters. The van der Waals surface area contributed by atoms with E-state index in [2.05, 4.69) is 21.2 Å². The number of rotatable bonds is 2. The maximum atomic E-state index is 11.7. The van der Waals surface area contributed by atoms with Crippen LogP contribution in [-0.2, 0) is 4.74 Å². The lowest BCUT2D eigenvalue weighted by atomic mass is 10.1. The van der Waals surface area contributed by atoms with E-state index in [4.69, 9.17) is 4.74 Å². The average molecular weight is 318 g/mol. The first-order valence-corrected chi connectivity index (χ1v) is 6.77. The van der Waals surface area contributed by atoms with Crippen molar-refractivity contribution < 1.29 is 9.53 Å². The number of esters is 1. The second-order valence-corrected chi connectivity index (χ2v) is 5.39. The Hall–Kier alpha value is -1.81. The number of benzene rings is 2. The van der Waals surface area contributed by atoms with Gasteiger partial charge in [-0.15, -0.1) is 0 Å². The number of hydrogen-bond acceptors (Lipinski definition) is 3. The molecular weight excluding hydrogens is 306 g/mol. The molecular formula is C15H12BrNO2. The van der Waals surface area contributed by atoms with Crippen molar-refractivity contribution in [1.29, 1.82) is 0 Å². The Bertz CT molecular complexity index is 654.